The molecule has 0 aliphatic heterocycles. The number of aryl methyl sites for hydroxylation is 2. The Hall–Kier alpha value is -3.22. The smallest absolute Gasteiger partial charge is 0.251 e. The highest BCUT2D eigenvalue weighted by Gasteiger charge is 2.03. The number of anilines is 2. The minimum absolute atomic E-state index is 0.470. The van der Waals surface area contributed by atoms with E-state index < -0.39 is 0 Å². The Morgan fingerprint density at radius 3 is 2.08 bits per heavy atom. The highest BCUT2D eigenvalue weighted by Crippen LogP contribution is 2.02. The van der Waals surface area contributed by atoms with Crippen molar-refractivity contribution in [1.82, 2.24) is 49.5 Å². The first kappa shape index (κ1) is 18.1. The lowest BCUT2D eigenvalue weighted by molar-refractivity contribution is 0.751. The second-order valence-corrected chi connectivity index (χ2v) is 5.36. The van der Waals surface area contributed by atoms with E-state index in [4.69, 9.17) is 11.5 Å². The van der Waals surface area contributed by atoms with E-state index in [1.54, 1.807) is 51.0 Å². The van der Waals surface area contributed by atoms with Crippen molar-refractivity contribution in [2.45, 2.75) is 0 Å². The van der Waals surface area contributed by atoms with Gasteiger partial charge in [0, 0.05) is 26.4 Å². The SMILES string of the molecule is Cn1cnnc1-n1ccc(N)n1.Cn1cnnc1Br.Nc1ccn[nH]1. The second-order valence-electron chi connectivity index (χ2n) is 4.65. The highest BCUT2D eigenvalue weighted by molar-refractivity contribution is 9.10. The van der Waals surface area contributed by atoms with E-state index in [1.807, 2.05) is 14.1 Å². The van der Waals surface area contributed by atoms with Crippen LogP contribution in [-0.4, -0.2) is 49.5 Å². The monoisotopic (exact) mass is 408 g/mol. The molecule has 132 valence electrons. The number of aromatic amines is 1. The van der Waals surface area contributed by atoms with Crippen LogP contribution in [0.5, 0.6) is 0 Å². The van der Waals surface area contributed by atoms with Gasteiger partial charge >= 0.3 is 0 Å². The zero-order valence-electron chi connectivity index (χ0n) is 13.5. The molecule has 4 rings (SSSR count). The summed E-state index contributed by atoms with van der Waals surface area (Å²) < 4.78 is 5.86. The van der Waals surface area contributed by atoms with Gasteiger partial charge in [-0.05, 0) is 22.0 Å². The number of halogens is 1. The zero-order valence-corrected chi connectivity index (χ0v) is 15.1. The van der Waals surface area contributed by atoms with Crippen LogP contribution in [-0.2, 0) is 14.1 Å². The summed E-state index contributed by atoms with van der Waals surface area (Å²) in [6.45, 7) is 0. The van der Waals surface area contributed by atoms with Gasteiger partial charge in [-0.1, -0.05) is 0 Å². The summed E-state index contributed by atoms with van der Waals surface area (Å²) >= 11 is 3.15. The molecule has 5 N–H and O–H groups in total. The third-order valence-corrected chi connectivity index (χ3v) is 3.40. The minimum atomic E-state index is 0.470. The van der Waals surface area contributed by atoms with Gasteiger partial charge in [0.15, 0.2) is 4.73 Å². The number of nitrogen functional groups attached to an aromatic ring is 2. The summed E-state index contributed by atoms with van der Waals surface area (Å²) in [5, 5.41) is 24.9. The molecular weight excluding hydrogens is 392 g/mol. The lowest BCUT2D eigenvalue weighted by Gasteiger charge is -1.97. The fraction of sp³-hybridized carbons (Fsp3) is 0.167. The first-order valence-electron chi connectivity index (χ1n) is 6.87. The van der Waals surface area contributed by atoms with Crippen molar-refractivity contribution in [2.24, 2.45) is 14.1 Å². The second kappa shape index (κ2) is 8.58. The average Bonchev–Trinajstić information content (AvgIpc) is 3.35. The van der Waals surface area contributed by atoms with Crippen molar-refractivity contribution >= 4 is 27.6 Å². The Labute approximate surface area is 151 Å². The fourth-order valence-corrected chi connectivity index (χ4v) is 1.65. The van der Waals surface area contributed by atoms with Crippen LogP contribution in [0.3, 0.4) is 0 Å². The third-order valence-electron chi connectivity index (χ3n) is 2.68. The maximum Gasteiger partial charge on any atom is 0.251 e. The first-order valence-corrected chi connectivity index (χ1v) is 7.66. The average molecular weight is 409 g/mol. The molecule has 4 heterocycles. The molecule has 0 amide bonds. The van der Waals surface area contributed by atoms with Crippen LogP contribution in [0, 0.1) is 0 Å². The Kier molecular flexibility index (Phi) is 6.22. The number of nitrogens with zero attached hydrogens (tertiary/aromatic N) is 9. The van der Waals surface area contributed by atoms with Gasteiger partial charge < -0.3 is 20.6 Å². The third kappa shape index (κ3) is 5.42. The number of rotatable bonds is 1. The number of nitrogens with one attached hydrogen (secondary N) is 1. The van der Waals surface area contributed by atoms with E-state index in [9.17, 15) is 0 Å². The van der Waals surface area contributed by atoms with Crippen molar-refractivity contribution in [2.75, 3.05) is 11.5 Å². The number of aromatic nitrogens is 10. The Balaban J connectivity index is 0.000000148. The van der Waals surface area contributed by atoms with Crippen LogP contribution in [0.2, 0.25) is 0 Å². The lowest BCUT2D eigenvalue weighted by Crippen LogP contribution is -2.03. The Bertz CT molecular complexity index is 857. The number of nitrogens with two attached hydrogens (primary N) is 2. The molecule has 13 heteroatoms. The minimum Gasteiger partial charge on any atom is -0.384 e. The van der Waals surface area contributed by atoms with E-state index in [0.29, 0.717) is 17.6 Å². The summed E-state index contributed by atoms with van der Waals surface area (Å²) in [6, 6.07) is 3.40. The molecule has 4 aromatic rings. The van der Waals surface area contributed by atoms with E-state index in [2.05, 4.69) is 51.6 Å². The summed E-state index contributed by atoms with van der Waals surface area (Å²) in [5.41, 5.74) is 10.6. The summed E-state index contributed by atoms with van der Waals surface area (Å²) in [4.78, 5) is 0. The quantitative estimate of drug-likeness (QED) is 0.401. The normalized spacial score (nSPS) is 9.72. The largest absolute Gasteiger partial charge is 0.384 e. The molecule has 0 fully saturated rings. The summed E-state index contributed by atoms with van der Waals surface area (Å²) in [7, 11) is 3.71. The Morgan fingerprint density at radius 2 is 1.76 bits per heavy atom. The fourth-order valence-electron chi connectivity index (χ4n) is 1.47. The summed E-state index contributed by atoms with van der Waals surface area (Å²) in [6.07, 6.45) is 6.58. The molecule has 12 nitrogen and oxygen atoms in total. The maximum atomic E-state index is 5.45. The van der Waals surface area contributed by atoms with E-state index in [0.717, 1.165) is 4.73 Å². The van der Waals surface area contributed by atoms with Crippen LogP contribution in [0.4, 0.5) is 11.6 Å². The van der Waals surface area contributed by atoms with Crippen molar-refractivity contribution in [1.29, 1.82) is 0 Å². The topological polar surface area (TPSA) is 160 Å². The van der Waals surface area contributed by atoms with Crippen LogP contribution in [0.25, 0.3) is 5.95 Å². The van der Waals surface area contributed by atoms with Gasteiger partial charge in [0.25, 0.3) is 5.95 Å². The molecule has 25 heavy (non-hydrogen) atoms. The van der Waals surface area contributed by atoms with Crippen molar-refractivity contribution in [3.63, 3.8) is 0 Å². The molecule has 4 aromatic heterocycles. The number of hydrogen-bond donors (Lipinski definition) is 3. The first-order chi connectivity index (χ1) is 12.0. The highest BCUT2D eigenvalue weighted by atomic mass is 79.9. The standard InChI is InChI=1S/C6H8N6.C3H4BrN3.C3H5N3/c1-11-4-8-9-6(11)12-3-2-5(7)10-12;1-7-2-5-6-3(7)4;4-3-1-2-5-6-3/h2-4H,1H3,(H2,7,10);2H,1H3;1-2H,(H3,4,5,6). The van der Waals surface area contributed by atoms with Crippen LogP contribution >= 0.6 is 15.9 Å². The van der Waals surface area contributed by atoms with E-state index in [1.165, 1.54) is 0 Å². The lowest BCUT2D eigenvalue weighted by atomic mass is 10.7. The van der Waals surface area contributed by atoms with Gasteiger partial charge in [-0.3, -0.25) is 5.10 Å². The predicted octanol–water partition coefficient (Wildman–Crippen LogP) is 0.152. The van der Waals surface area contributed by atoms with Crippen LogP contribution in [0.1, 0.15) is 0 Å². The van der Waals surface area contributed by atoms with Gasteiger partial charge in [0.1, 0.15) is 24.3 Å². The van der Waals surface area contributed by atoms with E-state index in [-0.39, 0.29) is 0 Å². The molecule has 0 aromatic carbocycles. The molecule has 0 unspecified atom stereocenters. The molecule has 0 atom stereocenters. The molecule has 0 bridgehead atoms. The molecule has 0 aliphatic rings. The predicted molar refractivity (Wildman–Crippen MR) is 94.2 cm³/mol. The van der Waals surface area contributed by atoms with Gasteiger partial charge in [0.2, 0.25) is 0 Å². The van der Waals surface area contributed by atoms with Gasteiger partial charge in [-0.25, -0.2) is 4.68 Å². The molecule has 0 saturated heterocycles. The van der Waals surface area contributed by atoms with E-state index >= 15 is 0 Å². The number of H-pyrrole nitrogens is 1. The van der Waals surface area contributed by atoms with Crippen molar-refractivity contribution in [3.8, 4) is 5.95 Å². The Morgan fingerprint density at radius 1 is 1.04 bits per heavy atom. The van der Waals surface area contributed by atoms with Crippen molar-refractivity contribution < 1.29 is 0 Å². The van der Waals surface area contributed by atoms with Gasteiger partial charge in [-0.15, -0.1) is 25.5 Å². The maximum absolute atomic E-state index is 5.45. The van der Waals surface area contributed by atoms with Crippen molar-refractivity contribution in [3.05, 3.63) is 41.9 Å². The van der Waals surface area contributed by atoms with Crippen LogP contribution in [0.15, 0.2) is 41.9 Å². The molecule has 0 radical (unpaired) electrons. The zero-order chi connectivity index (χ0) is 18.2. The number of hydrogen-bond acceptors (Lipinski definition) is 8. The van der Waals surface area contributed by atoms with Gasteiger partial charge in [-0.2, -0.15) is 5.10 Å². The molecule has 0 aliphatic carbocycles. The molecular formula is C12H17BrN12. The summed E-state index contributed by atoms with van der Waals surface area (Å²) in [5.74, 6) is 1.72. The molecule has 0 saturated carbocycles. The van der Waals surface area contributed by atoms with Gasteiger partial charge in [0.05, 0.1) is 6.20 Å². The van der Waals surface area contributed by atoms with Crippen LogP contribution < -0.4 is 11.5 Å². The molecule has 0 spiro atoms.